The smallest absolute Gasteiger partial charge is 0.0367 e. The van der Waals surface area contributed by atoms with Gasteiger partial charge in [0.05, 0.1) is 0 Å². The highest BCUT2D eigenvalue weighted by molar-refractivity contribution is 5.48. The van der Waals surface area contributed by atoms with Crippen LogP contribution in [0.25, 0.3) is 0 Å². The minimum absolute atomic E-state index is 0.921. The Morgan fingerprint density at radius 2 is 1.74 bits per heavy atom. The number of nitrogens with one attached hydrogen (secondary N) is 1. The van der Waals surface area contributed by atoms with E-state index >= 15 is 0 Å². The molecule has 1 N–H and O–H groups in total. The second kappa shape index (κ2) is 5.93. The summed E-state index contributed by atoms with van der Waals surface area (Å²) in [6.45, 7) is 9.00. The standard InChI is InChI=1S/C16H25N3/c1-2-17-13-14-3-5-15(6-4-14)18-9-11-19(12-10-18)16-7-8-16/h3-6,16-17H,2,7-13H2,1H3. The Balaban J connectivity index is 1.54. The summed E-state index contributed by atoms with van der Waals surface area (Å²) in [5.74, 6) is 0. The van der Waals surface area contributed by atoms with Crippen LogP contribution in [0.4, 0.5) is 5.69 Å². The Hall–Kier alpha value is -1.06. The summed E-state index contributed by atoms with van der Waals surface area (Å²) in [6.07, 6.45) is 2.86. The first-order chi connectivity index (χ1) is 9.36. The van der Waals surface area contributed by atoms with E-state index in [0.29, 0.717) is 0 Å². The van der Waals surface area contributed by atoms with Crippen molar-refractivity contribution in [1.82, 2.24) is 10.2 Å². The Labute approximate surface area is 116 Å². The second-order valence-corrected chi connectivity index (χ2v) is 5.70. The first kappa shape index (κ1) is 12.9. The average Bonchev–Trinajstić information content (AvgIpc) is 3.31. The lowest BCUT2D eigenvalue weighted by Crippen LogP contribution is -2.47. The fourth-order valence-corrected chi connectivity index (χ4v) is 2.88. The highest BCUT2D eigenvalue weighted by Crippen LogP contribution is 2.28. The van der Waals surface area contributed by atoms with Crippen LogP contribution in [-0.2, 0) is 6.54 Å². The molecule has 0 aromatic heterocycles. The van der Waals surface area contributed by atoms with Gasteiger partial charge in [0.1, 0.15) is 0 Å². The molecule has 1 aliphatic heterocycles. The molecule has 0 radical (unpaired) electrons. The number of nitrogens with zero attached hydrogens (tertiary/aromatic N) is 2. The lowest BCUT2D eigenvalue weighted by molar-refractivity contribution is 0.248. The Kier molecular flexibility index (Phi) is 4.04. The van der Waals surface area contributed by atoms with Gasteiger partial charge in [-0.2, -0.15) is 0 Å². The number of benzene rings is 1. The molecule has 1 saturated carbocycles. The first-order valence-electron chi connectivity index (χ1n) is 7.65. The van der Waals surface area contributed by atoms with E-state index in [4.69, 9.17) is 0 Å². The van der Waals surface area contributed by atoms with Crippen LogP contribution in [0.15, 0.2) is 24.3 Å². The fourth-order valence-electron chi connectivity index (χ4n) is 2.88. The molecule has 104 valence electrons. The Morgan fingerprint density at radius 1 is 1.05 bits per heavy atom. The summed E-state index contributed by atoms with van der Waals surface area (Å²) in [6, 6.07) is 9.99. The summed E-state index contributed by atoms with van der Waals surface area (Å²) in [4.78, 5) is 5.19. The highest BCUT2D eigenvalue weighted by atomic mass is 15.3. The molecule has 0 bridgehead atoms. The number of piperazine rings is 1. The van der Waals surface area contributed by atoms with Crippen LogP contribution in [-0.4, -0.2) is 43.7 Å². The van der Waals surface area contributed by atoms with Gasteiger partial charge in [0.15, 0.2) is 0 Å². The van der Waals surface area contributed by atoms with Crippen molar-refractivity contribution in [2.75, 3.05) is 37.6 Å². The van der Waals surface area contributed by atoms with E-state index < -0.39 is 0 Å². The van der Waals surface area contributed by atoms with Crippen molar-refractivity contribution in [3.63, 3.8) is 0 Å². The summed E-state index contributed by atoms with van der Waals surface area (Å²) >= 11 is 0. The normalized spacial score (nSPS) is 20.8. The Bertz CT molecular complexity index is 389. The van der Waals surface area contributed by atoms with Gasteiger partial charge < -0.3 is 10.2 Å². The van der Waals surface area contributed by atoms with Crippen molar-refractivity contribution in [2.24, 2.45) is 0 Å². The summed E-state index contributed by atoms with van der Waals surface area (Å²) in [7, 11) is 0. The largest absolute Gasteiger partial charge is 0.369 e. The molecule has 1 saturated heterocycles. The molecule has 19 heavy (non-hydrogen) atoms. The minimum Gasteiger partial charge on any atom is -0.369 e. The van der Waals surface area contributed by atoms with E-state index in [1.165, 1.54) is 50.3 Å². The molecule has 1 aliphatic carbocycles. The van der Waals surface area contributed by atoms with E-state index in [0.717, 1.165) is 19.1 Å². The van der Waals surface area contributed by atoms with Crippen molar-refractivity contribution in [3.8, 4) is 0 Å². The SMILES string of the molecule is CCNCc1ccc(N2CCN(C3CC3)CC2)cc1. The molecule has 3 rings (SSSR count). The molecular weight excluding hydrogens is 234 g/mol. The van der Waals surface area contributed by atoms with Crippen LogP contribution >= 0.6 is 0 Å². The zero-order chi connectivity index (χ0) is 13.1. The van der Waals surface area contributed by atoms with E-state index in [1.807, 2.05) is 0 Å². The van der Waals surface area contributed by atoms with Crippen LogP contribution in [0.1, 0.15) is 25.3 Å². The van der Waals surface area contributed by atoms with Gasteiger partial charge >= 0.3 is 0 Å². The van der Waals surface area contributed by atoms with Gasteiger partial charge in [-0.05, 0) is 37.1 Å². The van der Waals surface area contributed by atoms with Gasteiger partial charge in [-0.3, -0.25) is 4.90 Å². The predicted molar refractivity (Wildman–Crippen MR) is 80.6 cm³/mol. The van der Waals surface area contributed by atoms with Gasteiger partial charge in [0, 0.05) is 44.5 Å². The minimum atomic E-state index is 0.921. The maximum absolute atomic E-state index is 3.37. The molecular formula is C16H25N3. The summed E-state index contributed by atoms with van der Waals surface area (Å²) in [5.41, 5.74) is 2.76. The molecule has 0 amide bonds. The number of anilines is 1. The van der Waals surface area contributed by atoms with Crippen LogP contribution < -0.4 is 10.2 Å². The van der Waals surface area contributed by atoms with Crippen LogP contribution in [0.2, 0.25) is 0 Å². The monoisotopic (exact) mass is 259 g/mol. The Morgan fingerprint density at radius 3 is 2.32 bits per heavy atom. The molecule has 0 unspecified atom stereocenters. The number of hydrogen-bond donors (Lipinski definition) is 1. The van der Waals surface area contributed by atoms with Gasteiger partial charge in [0.2, 0.25) is 0 Å². The van der Waals surface area contributed by atoms with Crippen molar-refractivity contribution in [3.05, 3.63) is 29.8 Å². The first-order valence-corrected chi connectivity index (χ1v) is 7.65. The van der Waals surface area contributed by atoms with Crippen molar-refractivity contribution in [1.29, 1.82) is 0 Å². The van der Waals surface area contributed by atoms with Gasteiger partial charge in [-0.25, -0.2) is 0 Å². The molecule has 2 fully saturated rings. The maximum atomic E-state index is 3.37. The fraction of sp³-hybridized carbons (Fsp3) is 0.625. The summed E-state index contributed by atoms with van der Waals surface area (Å²) in [5, 5.41) is 3.37. The van der Waals surface area contributed by atoms with Crippen molar-refractivity contribution >= 4 is 5.69 Å². The third kappa shape index (κ3) is 3.28. The lowest BCUT2D eigenvalue weighted by atomic mass is 10.1. The zero-order valence-corrected chi connectivity index (χ0v) is 11.9. The van der Waals surface area contributed by atoms with Crippen LogP contribution in [0, 0.1) is 0 Å². The maximum Gasteiger partial charge on any atom is 0.0367 e. The molecule has 0 spiro atoms. The number of rotatable bonds is 5. The van der Waals surface area contributed by atoms with Crippen LogP contribution in [0.3, 0.4) is 0 Å². The highest BCUT2D eigenvalue weighted by Gasteiger charge is 2.31. The average molecular weight is 259 g/mol. The molecule has 0 atom stereocenters. The third-order valence-corrected chi connectivity index (χ3v) is 4.26. The molecule has 3 nitrogen and oxygen atoms in total. The third-order valence-electron chi connectivity index (χ3n) is 4.26. The molecule has 1 aromatic carbocycles. The van der Waals surface area contributed by atoms with E-state index in [9.17, 15) is 0 Å². The van der Waals surface area contributed by atoms with Crippen molar-refractivity contribution in [2.45, 2.75) is 32.4 Å². The van der Waals surface area contributed by atoms with Crippen LogP contribution in [0.5, 0.6) is 0 Å². The molecule has 1 aromatic rings. The second-order valence-electron chi connectivity index (χ2n) is 5.70. The zero-order valence-electron chi connectivity index (χ0n) is 11.9. The topological polar surface area (TPSA) is 18.5 Å². The van der Waals surface area contributed by atoms with Gasteiger partial charge in [-0.1, -0.05) is 19.1 Å². The lowest BCUT2D eigenvalue weighted by Gasteiger charge is -2.36. The number of hydrogen-bond acceptors (Lipinski definition) is 3. The summed E-state index contributed by atoms with van der Waals surface area (Å²) < 4.78 is 0. The van der Waals surface area contributed by atoms with E-state index in [-0.39, 0.29) is 0 Å². The molecule has 3 heteroatoms. The molecule has 1 heterocycles. The van der Waals surface area contributed by atoms with Gasteiger partial charge in [0.25, 0.3) is 0 Å². The van der Waals surface area contributed by atoms with E-state index in [1.54, 1.807) is 0 Å². The molecule has 2 aliphatic rings. The van der Waals surface area contributed by atoms with Gasteiger partial charge in [-0.15, -0.1) is 0 Å². The predicted octanol–water partition coefficient (Wildman–Crippen LogP) is 2.08. The van der Waals surface area contributed by atoms with E-state index in [2.05, 4.69) is 46.3 Å². The quantitative estimate of drug-likeness (QED) is 0.873. The van der Waals surface area contributed by atoms with Crippen molar-refractivity contribution < 1.29 is 0 Å².